The Morgan fingerprint density at radius 2 is 1.81 bits per heavy atom. The van der Waals surface area contributed by atoms with Crippen molar-refractivity contribution < 1.29 is 19.1 Å². The molecule has 6 heteroatoms. The van der Waals surface area contributed by atoms with Gasteiger partial charge in [-0.2, -0.15) is 0 Å². The van der Waals surface area contributed by atoms with E-state index in [9.17, 15) is 9.59 Å². The highest BCUT2D eigenvalue weighted by Crippen LogP contribution is 2.23. The summed E-state index contributed by atoms with van der Waals surface area (Å²) < 4.78 is 10.1. The zero-order valence-corrected chi connectivity index (χ0v) is 15.9. The molecule has 0 atom stereocenters. The molecule has 0 radical (unpaired) electrons. The zero-order chi connectivity index (χ0) is 19.2. The average molecular weight is 381 g/mol. The van der Waals surface area contributed by atoms with Crippen molar-refractivity contribution in [1.29, 1.82) is 0 Å². The number of thioether (sulfide) groups is 1. The summed E-state index contributed by atoms with van der Waals surface area (Å²) in [5.41, 5.74) is 2.47. The Morgan fingerprint density at radius 1 is 1.07 bits per heavy atom. The fourth-order valence-corrected chi connectivity index (χ4v) is 3.35. The lowest BCUT2D eigenvalue weighted by Gasteiger charge is -2.07. The van der Waals surface area contributed by atoms with E-state index in [1.807, 2.05) is 37.3 Å². The second-order valence-corrected chi connectivity index (χ2v) is 6.89. The summed E-state index contributed by atoms with van der Waals surface area (Å²) in [6.07, 6.45) is 0. The number of hydrogen-bond donors (Lipinski definition) is 0. The van der Waals surface area contributed by atoms with Gasteiger partial charge in [0.05, 0.1) is 23.4 Å². The van der Waals surface area contributed by atoms with Crippen LogP contribution in [-0.2, 0) is 9.53 Å². The molecule has 5 nitrogen and oxygen atoms in total. The van der Waals surface area contributed by atoms with Crippen LogP contribution in [0, 0.1) is 6.92 Å². The monoisotopic (exact) mass is 381 g/mol. The third-order valence-corrected chi connectivity index (χ3v) is 4.90. The summed E-state index contributed by atoms with van der Waals surface area (Å²) in [4.78, 5) is 28.6. The fraction of sp³-hybridized carbons (Fsp3) is 0.190. The molecule has 0 fully saturated rings. The molecule has 3 rings (SSSR count). The molecule has 1 aromatic heterocycles. The van der Waals surface area contributed by atoms with Crippen molar-refractivity contribution in [2.75, 3.05) is 19.5 Å². The van der Waals surface area contributed by atoms with Crippen LogP contribution in [0.1, 0.15) is 15.9 Å². The Balaban J connectivity index is 1.53. The molecular weight excluding hydrogens is 362 g/mol. The van der Waals surface area contributed by atoms with E-state index >= 15 is 0 Å². The van der Waals surface area contributed by atoms with E-state index in [4.69, 9.17) is 9.47 Å². The van der Waals surface area contributed by atoms with Gasteiger partial charge in [-0.3, -0.25) is 9.59 Å². The van der Waals surface area contributed by atoms with Gasteiger partial charge in [-0.15, -0.1) is 0 Å². The molecule has 0 aliphatic carbocycles. The van der Waals surface area contributed by atoms with E-state index in [0.717, 1.165) is 21.5 Å². The van der Waals surface area contributed by atoms with Crippen LogP contribution in [0.15, 0.2) is 59.6 Å². The first kappa shape index (κ1) is 18.9. The normalized spacial score (nSPS) is 10.6. The van der Waals surface area contributed by atoms with Crippen molar-refractivity contribution in [2.24, 2.45) is 0 Å². The smallest absolute Gasteiger partial charge is 0.316 e. The van der Waals surface area contributed by atoms with Crippen molar-refractivity contribution in [2.45, 2.75) is 11.9 Å². The Kier molecular flexibility index (Phi) is 6.08. The topological polar surface area (TPSA) is 65.5 Å². The van der Waals surface area contributed by atoms with Crippen LogP contribution in [0.3, 0.4) is 0 Å². The van der Waals surface area contributed by atoms with Gasteiger partial charge in [-0.05, 0) is 48.9 Å². The second-order valence-electron chi connectivity index (χ2n) is 5.90. The number of aromatic nitrogens is 1. The van der Waals surface area contributed by atoms with E-state index in [2.05, 4.69) is 4.98 Å². The van der Waals surface area contributed by atoms with Crippen molar-refractivity contribution in [1.82, 2.24) is 4.98 Å². The number of hydrogen-bond acceptors (Lipinski definition) is 6. The second kappa shape index (κ2) is 8.68. The summed E-state index contributed by atoms with van der Waals surface area (Å²) in [5, 5.41) is 1.85. The van der Waals surface area contributed by atoms with Gasteiger partial charge in [-0.25, -0.2) is 4.98 Å². The van der Waals surface area contributed by atoms with E-state index in [1.54, 1.807) is 31.4 Å². The number of benzene rings is 2. The van der Waals surface area contributed by atoms with Gasteiger partial charge in [0.25, 0.3) is 0 Å². The number of rotatable bonds is 7. The Bertz CT molecular complexity index is 970. The molecule has 0 unspecified atom stereocenters. The number of carbonyl (C=O) groups is 2. The van der Waals surface area contributed by atoms with Crippen LogP contribution in [0.4, 0.5) is 0 Å². The lowest BCUT2D eigenvalue weighted by atomic mass is 10.1. The molecule has 0 spiro atoms. The zero-order valence-electron chi connectivity index (χ0n) is 15.1. The predicted molar refractivity (Wildman–Crippen MR) is 105 cm³/mol. The summed E-state index contributed by atoms with van der Waals surface area (Å²) in [6.45, 7) is 1.73. The van der Waals surface area contributed by atoms with Crippen LogP contribution in [0.2, 0.25) is 0 Å². The van der Waals surface area contributed by atoms with Crippen molar-refractivity contribution >= 4 is 34.4 Å². The molecule has 1 heterocycles. The number of para-hydroxylation sites is 1. The van der Waals surface area contributed by atoms with Crippen LogP contribution < -0.4 is 4.74 Å². The molecule has 0 amide bonds. The number of methoxy groups -OCH3 is 1. The number of nitrogens with zero attached hydrogens (tertiary/aromatic N) is 1. The summed E-state index contributed by atoms with van der Waals surface area (Å²) in [6, 6.07) is 16.5. The van der Waals surface area contributed by atoms with Gasteiger partial charge < -0.3 is 9.47 Å². The third-order valence-electron chi connectivity index (χ3n) is 4.01. The summed E-state index contributed by atoms with van der Waals surface area (Å²) >= 11 is 1.30. The summed E-state index contributed by atoms with van der Waals surface area (Å²) in [5.74, 6) is 0.0593. The number of esters is 1. The van der Waals surface area contributed by atoms with Crippen LogP contribution in [0.5, 0.6) is 5.75 Å². The molecule has 27 heavy (non-hydrogen) atoms. The van der Waals surface area contributed by atoms with Crippen LogP contribution in [-0.4, -0.2) is 36.2 Å². The fourth-order valence-electron chi connectivity index (χ4n) is 2.57. The van der Waals surface area contributed by atoms with Gasteiger partial charge in [0.15, 0.2) is 12.4 Å². The third kappa shape index (κ3) is 4.86. The number of Topliss-reactive ketones (excluding diaryl/α,β-unsaturated/α-hetero) is 1. The van der Waals surface area contributed by atoms with Crippen LogP contribution >= 0.6 is 11.8 Å². The molecule has 0 saturated carbocycles. The number of ketones is 1. The first-order valence-corrected chi connectivity index (χ1v) is 9.37. The minimum atomic E-state index is -0.450. The maximum atomic E-state index is 12.1. The van der Waals surface area contributed by atoms with Gasteiger partial charge >= 0.3 is 5.97 Å². The van der Waals surface area contributed by atoms with Crippen molar-refractivity contribution in [3.05, 3.63) is 65.7 Å². The highest BCUT2D eigenvalue weighted by Gasteiger charge is 2.12. The number of aryl methyl sites for hydroxylation is 1. The van der Waals surface area contributed by atoms with Gasteiger partial charge in [0.1, 0.15) is 5.75 Å². The maximum Gasteiger partial charge on any atom is 0.316 e. The molecule has 0 aliphatic heterocycles. The average Bonchev–Trinajstić information content (AvgIpc) is 2.70. The van der Waals surface area contributed by atoms with E-state index in [-0.39, 0.29) is 18.1 Å². The van der Waals surface area contributed by atoms with Crippen molar-refractivity contribution in [3.8, 4) is 5.75 Å². The molecule has 0 aliphatic rings. The number of fused-ring (bicyclic) bond motifs is 1. The molecule has 0 saturated heterocycles. The number of pyridine rings is 1. The Hall–Kier alpha value is -2.86. The van der Waals surface area contributed by atoms with Crippen molar-refractivity contribution in [3.63, 3.8) is 0 Å². The van der Waals surface area contributed by atoms with Gasteiger partial charge in [-0.1, -0.05) is 30.0 Å². The lowest BCUT2D eigenvalue weighted by Crippen LogP contribution is -2.15. The Morgan fingerprint density at radius 3 is 2.56 bits per heavy atom. The molecule has 3 aromatic rings. The van der Waals surface area contributed by atoms with E-state index in [0.29, 0.717) is 11.3 Å². The largest absolute Gasteiger partial charge is 0.497 e. The standard InChI is InChI=1S/C21H19NO4S/c1-14-11-20(22-18-6-4-3-5-17(14)18)27-13-21(24)26-12-19(23)15-7-9-16(25-2)10-8-15/h3-11H,12-13H2,1-2H3. The van der Waals surface area contributed by atoms with E-state index < -0.39 is 5.97 Å². The minimum Gasteiger partial charge on any atom is -0.497 e. The first-order valence-electron chi connectivity index (χ1n) is 8.39. The first-order chi connectivity index (χ1) is 13.1. The highest BCUT2D eigenvalue weighted by molar-refractivity contribution is 7.99. The molecule has 2 aromatic carbocycles. The van der Waals surface area contributed by atoms with Gasteiger partial charge in [0.2, 0.25) is 0 Å². The maximum absolute atomic E-state index is 12.1. The van der Waals surface area contributed by atoms with Gasteiger partial charge in [0, 0.05) is 10.9 Å². The molecule has 0 bridgehead atoms. The Labute approximate surface area is 161 Å². The highest BCUT2D eigenvalue weighted by atomic mass is 32.2. The quantitative estimate of drug-likeness (QED) is 0.349. The summed E-state index contributed by atoms with van der Waals surface area (Å²) in [7, 11) is 1.56. The lowest BCUT2D eigenvalue weighted by molar-refractivity contribution is -0.139. The SMILES string of the molecule is COc1ccc(C(=O)COC(=O)CSc2cc(C)c3ccccc3n2)cc1. The van der Waals surface area contributed by atoms with E-state index in [1.165, 1.54) is 11.8 Å². The minimum absolute atomic E-state index is 0.0979. The molecular formula is C21H19NO4S. The predicted octanol–water partition coefficient (Wildman–Crippen LogP) is 4.07. The molecule has 0 N–H and O–H groups in total. The van der Waals surface area contributed by atoms with Crippen LogP contribution in [0.25, 0.3) is 10.9 Å². The number of carbonyl (C=O) groups excluding carboxylic acids is 2. The number of ether oxygens (including phenoxy) is 2. The molecule has 138 valence electrons.